The molecule has 33 heavy (non-hydrogen) atoms. The van der Waals surface area contributed by atoms with Crippen LogP contribution in [0.3, 0.4) is 0 Å². The molecule has 1 saturated carbocycles. The number of amides is 1. The maximum Gasteiger partial charge on any atom is 0.254 e. The van der Waals surface area contributed by atoms with E-state index in [0.717, 1.165) is 29.4 Å². The Morgan fingerprint density at radius 2 is 1.73 bits per heavy atom. The molecule has 1 aromatic heterocycles. The van der Waals surface area contributed by atoms with E-state index in [1.165, 1.54) is 4.31 Å². The molecule has 0 atom stereocenters. The molecule has 0 radical (unpaired) electrons. The van der Waals surface area contributed by atoms with E-state index < -0.39 is 10.0 Å². The summed E-state index contributed by atoms with van der Waals surface area (Å²) in [7, 11) is -3.62. The Morgan fingerprint density at radius 1 is 1.03 bits per heavy atom. The molecule has 172 valence electrons. The first-order chi connectivity index (χ1) is 16.0. The van der Waals surface area contributed by atoms with Gasteiger partial charge in [-0.3, -0.25) is 9.78 Å². The van der Waals surface area contributed by atoms with Gasteiger partial charge in [-0.1, -0.05) is 18.2 Å². The van der Waals surface area contributed by atoms with Crippen molar-refractivity contribution < 1.29 is 17.9 Å². The number of piperazine rings is 1. The monoisotopic (exact) mass is 465 g/mol. The quantitative estimate of drug-likeness (QED) is 0.555. The first-order valence-corrected chi connectivity index (χ1v) is 12.8. The summed E-state index contributed by atoms with van der Waals surface area (Å²) in [6.45, 7) is 3.64. The molecule has 3 aromatic rings. The molecule has 1 aliphatic heterocycles. The molecule has 0 spiro atoms. The topological polar surface area (TPSA) is 79.8 Å². The Hall–Kier alpha value is -2.97. The van der Waals surface area contributed by atoms with Gasteiger partial charge in [0.15, 0.2) is 0 Å². The molecule has 7 nitrogen and oxygen atoms in total. The van der Waals surface area contributed by atoms with Gasteiger partial charge in [-0.05, 0) is 56.2 Å². The maximum atomic E-state index is 13.5. The molecule has 1 amide bonds. The van der Waals surface area contributed by atoms with Gasteiger partial charge in [0, 0.05) is 43.2 Å². The van der Waals surface area contributed by atoms with Crippen molar-refractivity contribution in [2.24, 2.45) is 0 Å². The van der Waals surface area contributed by atoms with Crippen molar-refractivity contribution >= 4 is 26.8 Å². The molecule has 2 heterocycles. The van der Waals surface area contributed by atoms with Crippen molar-refractivity contribution in [2.75, 3.05) is 32.8 Å². The third-order valence-corrected chi connectivity index (χ3v) is 8.17. The summed E-state index contributed by atoms with van der Waals surface area (Å²) < 4.78 is 33.0. The fourth-order valence-electron chi connectivity index (χ4n) is 4.29. The van der Waals surface area contributed by atoms with Crippen molar-refractivity contribution in [3.05, 3.63) is 65.9 Å². The molecule has 2 fully saturated rings. The number of nitrogens with zero attached hydrogens (tertiary/aromatic N) is 3. The molecule has 0 bridgehead atoms. The number of fused-ring (bicyclic) bond motifs is 1. The minimum absolute atomic E-state index is 0.0615. The zero-order chi connectivity index (χ0) is 23.0. The molecule has 0 N–H and O–H groups in total. The van der Waals surface area contributed by atoms with Crippen molar-refractivity contribution in [1.82, 2.24) is 14.2 Å². The van der Waals surface area contributed by atoms with Gasteiger partial charge in [-0.15, -0.1) is 0 Å². The number of para-hydroxylation sites is 1. The zero-order valence-electron chi connectivity index (χ0n) is 18.6. The van der Waals surface area contributed by atoms with Crippen LogP contribution in [0.5, 0.6) is 5.75 Å². The van der Waals surface area contributed by atoms with E-state index in [4.69, 9.17) is 9.72 Å². The van der Waals surface area contributed by atoms with Gasteiger partial charge in [-0.2, -0.15) is 4.31 Å². The SMILES string of the molecule is CCOc1ccc(S(=O)(=O)N2CCN(C(=O)c3cc(C4CC4)nc4ccccc34)CC2)cc1. The fourth-order valence-corrected chi connectivity index (χ4v) is 5.71. The van der Waals surface area contributed by atoms with Crippen molar-refractivity contribution in [1.29, 1.82) is 0 Å². The summed E-state index contributed by atoms with van der Waals surface area (Å²) in [4.78, 5) is 20.2. The lowest BCUT2D eigenvalue weighted by Gasteiger charge is -2.34. The number of carbonyl (C=O) groups is 1. The normalized spacial score (nSPS) is 17.3. The second kappa shape index (κ2) is 8.76. The van der Waals surface area contributed by atoms with Crippen LogP contribution in [-0.2, 0) is 10.0 Å². The minimum Gasteiger partial charge on any atom is -0.494 e. The number of pyridine rings is 1. The summed E-state index contributed by atoms with van der Waals surface area (Å²) in [5, 5.41) is 0.844. The second-order valence-corrected chi connectivity index (χ2v) is 10.4. The van der Waals surface area contributed by atoms with Gasteiger partial charge in [0.1, 0.15) is 5.75 Å². The summed E-state index contributed by atoms with van der Waals surface area (Å²) in [6.07, 6.45) is 2.22. The van der Waals surface area contributed by atoms with Crippen molar-refractivity contribution in [3.8, 4) is 5.75 Å². The third-order valence-electron chi connectivity index (χ3n) is 6.26. The largest absolute Gasteiger partial charge is 0.494 e. The van der Waals surface area contributed by atoms with E-state index in [1.807, 2.05) is 37.3 Å². The molecule has 2 aliphatic rings. The summed E-state index contributed by atoms with van der Waals surface area (Å²) >= 11 is 0. The molecule has 0 unspecified atom stereocenters. The van der Waals surface area contributed by atoms with Crippen molar-refractivity contribution in [3.63, 3.8) is 0 Å². The highest BCUT2D eigenvalue weighted by Gasteiger charge is 2.32. The van der Waals surface area contributed by atoms with Gasteiger partial charge in [-0.25, -0.2) is 8.42 Å². The number of ether oxygens (including phenoxy) is 1. The van der Waals surface area contributed by atoms with Gasteiger partial charge < -0.3 is 9.64 Å². The molecular weight excluding hydrogens is 438 g/mol. The van der Waals surface area contributed by atoms with Crippen LogP contribution in [-0.4, -0.2) is 61.3 Å². The average molecular weight is 466 g/mol. The maximum absolute atomic E-state index is 13.5. The Kier molecular flexibility index (Phi) is 5.80. The highest BCUT2D eigenvalue weighted by Crippen LogP contribution is 2.40. The Labute approximate surface area is 194 Å². The van der Waals surface area contributed by atoms with Crippen LogP contribution >= 0.6 is 0 Å². The molecule has 2 aromatic carbocycles. The lowest BCUT2D eigenvalue weighted by atomic mass is 10.0. The van der Waals surface area contributed by atoms with Crippen LogP contribution in [0, 0.1) is 0 Å². The molecular formula is C25H27N3O4S. The number of hydrogen-bond acceptors (Lipinski definition) is 5. The Balaban J connectivity index is 1.33. The van der Waals surface area contributed by atoms with E-state index in [9.17, 15) is 13.2 Å². The number of aromatic nitrogens is 1. The van der Waals surface area contributed by atoms with Crippen LogP contribution < -0.4 is 4.74 Å². The molecule has 1 saturated heterocycles. The summed E-state index contributed by atoms with van der Waals surface area (Å²) in [6, 6.07) is 16.1. The smallest absolute Gasteiger partial charge is 0.254 e. The predicted molar refractivity (Wildman–Crippen MR) is 126 cm³/mol. The molecule has 8 heteroatoms. The van der Waals surface area contributed by atoms with E-state index >= 15 is 0 Å². The van der Waals surface area contributed by atoms with Crippen LogP contribution in [0.25, 0.3) is 10.9 Å². The van der Waals surface area contributed by atoms with Gasteiger partial charge >= 0.3 is 0 Å². The molecule has 5 rings (SSSR count). The van der Waals surface area contributed by atoms with Crippen molar-refractivity contribution in [2.45, 2.75) is 30.6 Å². The number of hydrogen-bond donors (Lipinski definition) is 0. The van der Waals surface area contributed by atoms with Crippen LogP contribution in [0.15, 0.2) is 59.5 Å². The van der Waals surface area contributed by atoms with Gasteiger partial charge in [0.25, 0.3) is 5.91 Å². The summed E-state index contributed by atoms with van der Waals surface area (Å²) in [5.74, 6) is 1.02. The third kappa shape index (κ3) is 4.32. The van der Waals surface area contributed by atoms with Crippen LogP contribution in [0.2, 0.25) is 0 Å². The number of benzene rings is 2. The lowest BCUT2D eigenvalue weighted by molar-refractivity contribution is 0.0699. The average Bonchev–Trinajstić information content (AvgIpc) is 3.69. The first kappa shape index (κ1) is 21.9. The predicted octanol–water partition coefficient (Wildman–Crippen LogP) is 3.66. The Morgan fingerprint density at radius 3 is 2.39 bits per heavy atom. The van der Waals surface area contributed by atoms with E-state index in [0.29, 0.717) is 36.9 Å². The number of rotatable bonds is 6. The van der Waals surface area contributed by atoms with Crippen LogP contribution in [0.1, 0.15) is 41.7 Å². The van der Waals surface area contributed by atoms with E-state index in [-0.39, 0.29) is 23.9 Å². The van der Waals surface area contributed by atoms with E-state index in [1.54, 1.807) is 29.2 Å². The highest BCUT2D eigenvalue weighted by atomic mass is 32.2. The number of sulfonamides is 1. The van der Waals surface area contributed by atoms with E-state index in [2.05, 4.69) is 0 Å². The highest BCUT2D eigenvalue weighted by molar-refractivity contribution is 7.89. The zero-order valence-corrected chi connectivity index (χ0v) is 19.4. The number of carbonyl (C=O) groups excluding carboxylic acids is 1. The fraction of sp³-hybridized carbons (Fsp3) is 0.360. The lowest BCUT2D eigenvalue weighted by Crippen LogP contribution is -2.50. The second-order valence-electron chi connectivity index (χ2n) is 8.49. The first-order valence-electron chi connectivity index (χ1n) is 11.4. The summed E-state index contributed by atoms with van der Waals surface area (Å²) in [5.41, 5.74) is 2.47. The van der Waals surface area contributed by atoms with Gasteiger partial charge in [0.2, 0.25) is 10.0 Å². The minimum atomic E-state index is -3.62. The van der Waals surface area contributed by atoms with Crippen LogP contribution in [0.4, 0.5) is 0 Å². The standard InChI is InChI=1S/C25H27N3O4S/c1-2-32-19-9-11-20(12-10-19)33(30,31)28-15-13-27(14-16-28)25(29)22-17-24(18-7-8-18)26-23-6-4-3-5-21(22)23/h3-6,9-12,17-18H,2,7-8,13-16H2,1H3. The molecule has 1 aliphatic carbocycles. The Bertz CT molecular complexity index is 1280. The van der Waals surface area contributed by atoms with Gasteiger partial charge in [0.05, 0.1) is 22.6 Å².